The number of hydrogen-bond donors (Lipinski definition) is 3. The normalized spacial score (nSPS) is 14.8. The minimum absolute atomic E-state index is 0.0548. The summed E-state index contributed by atoms with van der Waals surface area (Å²) < 4.78 is 20.2. The summed E-state index contributed by atoms with van der Waals surface area (Å²) in [5, 5.41) is 27.1. The molecule has 1 atom stereocenters. The molecule has 44 heavy (non-hydrogen) atoms. The van der Waals surface area contributed by atoms with Crippen molar-refractivity contribution in [1.29, 1.82) is 0 Å². The SMILES string of the molecule is CCCCCCOc1c(OC)ccc2cc3[n+](cc12)C(CCC(=O)O)Cc1cc2c(cc1-3)OCCC2.O=C(O)/C=C\C(=O)O. The van der Waals surface area contributed by atoms with Crippen molar-refractivity contribution in [2.24, 2.45) is 0 Å². The van der Waals surface area contributed by atoms with Crippen molar-refractivity contribution in [2.75, 3.05) is 20.3 Å². The van der Waals surface area contributed by atoms with Crippen molar-refractivity contribution in [1.82, 2.24) is 0 Å². The molecule has 1 aromatic heterocycles. The van der Waals surface area contributed by atoms with Crippen molar-refractivity contribution in [3.8, 4) is 28.5 Å². The number of carboxylic acid groups (broad SMARTS) is 3. The number of carbonyl (C=O) groups is 3. The molecule has 0 fully saturated rings. The van der Waals surface area contributed by atoms with Crippen LogP contribution in [0, 0.1) is 0 Å². The monoisotopic (exact) mass is 606 g/mol. The Labute approximate surface area is 256 Å². The van der Waals surface area contributed by atoms with Crippen LogP contribution in [0.3, 0.4) is 0 Å². The highest BCUT2D eigenvalue weighted by molar-refractivity contribution is 5.92. The number of ether oxygens (including phenoxy) is 3. The molecule has 0 bridgehead atoms. The second kappa shape index (κ2) is 15.2. The first kappa shape index (κ1) is 32.3. The van der Waals surface area contributed by atoms with Crippen LogP contribution in [-0.4, -0.2) is 53.6 Å². The largest absolute Gasteiger partial charge is 0.493 e. The van der Waals surface area contributed by atoms with Crippen LogP contribution in [0.4, 0.5) is 0 Å². The highest BCUT2D eigenvalue weighted by Gasteiger charge is 2.34. The fraction of sp³-hybridized carbons (Fsp3) is 0.412. The number of nitrogens with zero attached hydrogens (tertiary/aromatic N) is 1. The van der Waals surface area contributed by atoms with Crippen LogP contribution in [0.1, 0.15) is 69.0 Å². The van der Waals surface area contributed by atoms with Crippen molar-refractivity contribution in [3.05, 3.63) is 59.8 Å². The minimum atomic E-state index is -1.26. The van der Waals surface area contributed by atoms with Crippen molar-refractivity contribution in [2.45, 2.75) is 70.8 Å². The zero-order chi connectivity index (χ0) is 31.6. The van der Waals surface area contributed by atoms with Gasteiger partial charge in [0, 0.05) is 31.1 Å². The number of aryl methyl sites for hydroxylation is 1. The Morgan fingerprint density at radius 3 is 2.48 bits per heavy atom. The minimum Gasteiger partial charge on any atom is -0.493 e. The summed E-state index contributed by atoms with van der Waals surface area (Å²) in [7, 11) is 1.67. The summed E-state index contributed by atoms with van der Waals surface area (Å²) in [5.74, 6) is -0.820. The van der Waals surface area contributed by atoms with E-state index in [4.69, 9.17) is 24.4 Å². The van der Waals surface area contributed by atoms with Crippen LogP contribution < -0.4 is 18.8 Å². The number of fused-ring (bicyclic) bond motifs is 5. The standard InChI is InChI=1S/C30H35NO5.C4H4O4/c1-3-4-5-6-13-36-30-25-19-31-23(10-12-29(32)33)16-22-15-21-8-7-14-35-28(21)18-24(22)26(31)17-20(25)9-11-27(30)34-2;5-3(6)1-2-4(7)8/h9,11,15,17-19,23H,3-8,10,12-14,16H2,1-2H3;1-2H,(H,5,6)(H,7,8)/p+1/b;2-1-. The first-order valence-corrected chi connectivity index (χ1v) is 15.0. The van der Waals surface area contributed by atoms with E-state index >= 15 is 0 Å². The van der Waals surface area contributed by atoms with E-state index in [1.165, 1.54) is 29.5 Å². The summed E-state index contributed by atoms with van der Waals surface area (Å²) in [6.07, 6.45) is 11.4. The Bertz CT molecular complexity index is 1530. The maximum Gasteiger partial charge on any atom is 0.328 e. The molecule has 5 rings (SSSR count). The highest BCUT2D eigenvalue weighted by Crippen LogP contribution is 2.41. The number of hydrogen-bond acceptors (Lipinski definition) is 6. The molecule has 0 amide bonds. The van der Waals surface area contributed by atoms with Gasteiger partial charge in [0.05, 0.1) is 37.7 Å². The third-order valence-electron chi connectivity index (χ3n) is 7.82. The molecule has 1 unspecified atom stereocenters. The van der Waals surface area contributed by atoms with Crippen LogP contribution in [0.2, 0.25) is 0 Å². The number of carboxylic acids is 3. The van der Waals surface area contributed by atoms with Gasteiger partial charge in [0.15, 0.2) is 23.7 Å². The molecule has 0 spiro atoms. The summed E-state index contributed by atoms with van der Waals surface area (Å²) in [5.41, 5.74) is 4.79. The summed E-state index contributed by atoms with van der Waals surface area (Å²) in [6, 6.07) is 10.8. The maximum absolute atomic E-state index is 11.5. The molecule has 2 aliphatic heterocycles. The van der Waals surface area contributed by atoms with Gasteiger partial charge in [0.25, 0.3) is 0 Å². The lowest BCUT2D eigenvalue weighted by Crippen LogP contribution is -2.45. The first-order chi connectivity index (χ1) is 21.2. The van der Waals surface area contributed by atoms with Gasteiger partial charge in [-0.05, 0) is 54.0 Å². The molecule has 0 radical (unpaired) electrons. The van der Waals surface area contributed by atoms with E-state index in [1.54, 1.807) is 7.11 Å². The average molecular weight is 607 g/mol. The van der Waals surface area contributed by atoms with Gasteiger partial charge in [-0.2, -0.15) is 4.57 Å². The number of pyridine rings is 1. The molecule has 234 valence electrons. The molecule has 3 N–H and O–H groups in total. The molecular formula is C34H40NO9+. The molecule has 3 aromatic rings. The maximum atomic E-state index is 11.5. The molecule has 0 aliphatic carbocycles. The van der Waals surface area contributed by atoms with Crippen LogP contribution in [0.25, 0.3) is 22.0 Å². The quantitative estimate of drug-likeness (QED) is 0.133. The van der Waals surface area contributed by atoms with Gasteiger partial charge >= 0.3 is 17.9 Å². The van der Waals surface area contributed by atoms with E-state index in [-0.39, 0.29) is 12.5 Å². The lowest BCUT2D eigenvalue weighted by molar-refractivity contribution is -0.713. The van der Waals surface area contributed by atoms with Crippen molar-refractivity contribution in [3.63, 3.8) is 0 Å². The number of benzene rings is 2. The van der Waals surface area contributed by atoms with Crippen LogP contribution in [-0.2, 0) is 27.2 Å². The number of rotatable bonds is 12. The molecule has 10 nitrogen and oxygen atoms in total. The highest BCUT2D eigenvalue weighted by atomic mass is 16.5. The average Bonchev–Trinajstić information content (AvgIpc) is 3.01. The van der Waals surface area contributed by atoms with Crippen LogP contribution in [0.15, 0.2) is 48.7 Å². The lowest BCUT2D eigenvalue weighted by Gasteiger charge is -2.26. The Morgan fingerprint density at radius 2 is 1.80 bits per heavy atom. The van der Waals surface area contributed by atoms with Gasteiger partial charge in [-0.15, -0.1) is 0 Å². The van der Waals surface area contributed by atoms with Gasteiger partial charge < -0.3 is 29.5 Å². The Balaban J connectivity index is 0.000000488. The third-order valence-corrected chi connectivity index (χ3v) is 7.82. The topological polar surface area (TPSA) is 143 Å². The Morgan fingerprint density at radius 1 is 1.02 bits per heavy atom. The predicted molar refractivity (Wildman–Crippen MR) is 164 cm³/mol. The number of unbranched alkanes of at least 4 members (excludes halogenated alkanes) is 3. The number of aliphatic carboxylic acids is 3. The fourth-order valence-electron chi connectivity index (χ4n) is 5.70. The van der Waals surface area contributed by atoms with E-state index in [0.29, 0.717) is 25.2 Å². The van der Waals surface area contributed by atoms with Gasteiger partial charge in [-0.25, -0.2) is 9.59 Å². The molecule has 3 heterocycles. The molecule has 2 aromatic carbocycles. The van der Waals surface area contributed by atoms with Crippen molar-refractivity contribution >= 4 is 28.7 Å². The van der Waals surface area contributed by atoms with Gasteiger partial charge in [0.2, 0.25) is 5.69 Å². The Hall–Kier alpha value is -4.60. The summed E-state index contributed by atoms with van der Waals surface area (Å²) >= 11 is 0. The first-order valence-electron chi connectivity index (χ1n) is 15.0. The van der Waals surface area contributed by atoms with Crippen LogP contribution >= 0.6 is 0 Å². The fourth-order valence-corrected chi connectivity index (χ4v) is 5.70. The second-order valence-corrected chi connectivity index (χ2v) is 10.9. The zero-order valence-electron chi connectivity index (χ0n) is 25.2. The van der Waals surface area contributed by atoms with Gasteiger partial charge in [-0.3, -0.25) is 4.79 Å². The molecule has 0 saturated carbocycles. The van der Waals surface area contributed by atoms with E-state index in [1.807, 2.05) is 6.07 Å². The van der Waals surface area contributed by atoms with E-state index < -0.39 is 17.9 Å². The predicted octanol–water partition coefficient (Wildman–Crippen LogP) is 5.76. The number of methoxy groups -OCH3 is 1. The van der Waals surface area contributed by atoms with Gasteiger partial charge in [-0.1, -0.05) is 32.3 Å². The summed E-state index contributed by atoms with van der Waals surface area (Å²) in [4.78, 5) is 30.6. The smallest absolute Gasteiger partial charge is 0.328 e. The zero-order valence-corrected chi connectivity index (χ0v) is 25.2. The van der Waals surface area contributed by atoms with Gasteiger partial charge in [0.1, 0.15) is 5.75 Å². The van der Waals surface area contributed by atoms with Crippen LogP contribution in [0.5, 0.6) is 17.2 Å². The second-order valence-electron chi connectivity index (χ2n) is 10.9. The molecule has 0 saturated heterocycles. The molecule has 10 heteroatoms. The summed E-state index contributed by atoms with van der Waals surface area (Å²) in [6.45, 7) is 3.60. The van der Waals surface area contributed by atoms with Crippen molar-refractivity contribution < 1.29 is 48.5 Å². The number of aromatic nitrogens is 1. The lowest BCUT2D eigenvalue weighted by atomic mass is 9.87. The van der Waals surface area contributed by atoms with E-state index in [0.717, 1.165) is 72.4 Å². The third kappa shape index (κ3) is 8.06. The molecule has 2 aliphatic rings. The Kier molecular flexibility index (Phi) is 11.2. The molecular weight excluding hydrogens is 566 g/mol. The van der Waals surface area contributed by atoms with E-state index in [2.05, 4.69) is 42.0 Å². The van der Waals surface area contributed by atoms with E-state index in [9.17, 15) is 19.5 Å².